The number of aromatic nitrogens is 2. The minimum atomic E-state index is -4.83. The predicted octanol–water partition coefficient (Wildman–Crippen LogP) is 4.09. The number of nitrogens with zero attached hydrogens (tertiary/aromatic N) is 3. The summed E-state index contributed by atoms with van der Waals surface area (Å²) in [7, 11) is 1.43. The first kappa shape index (κ1) is 27.0. The minimum absolute atomic E-state index is 0. The molecule has 0 radical (unpaired) electrons. The van der Waals surface area contributed by atoms with E-state index in [9.17, 15) is 18.3 Å². The first-order valence-electron chi connectivity index (χ1n) is 10.6. The first-order valence-corrected chi connectivity index (χ1v) is 10.6. The molecule has 1 aromatic rings. The molecule has 1 aromatic heterocycles. The van der Waals surface area contributed by atoms with Gasteiger partial charge in [-0.05, 0) is 25.7 Å². The number of imidazole rings is 1. The lowest BCUT2D eigenvalue weighted by Gasteiger charge is -2.30. The molecule has 0 saturated heterocycles. The Bertz CT molecular complexity index is 647. The van der Waals surface area contributed by atoms with E-state index in [1.54, 1.807) is 0 Å². The summed E-state index contributed by atoms with van der Waals surface area (Å²) in [6.07, 6.45) is 5.93. The molecular formula is C20H35F3IN5O. The summed E-state index contributed by atoms with van der Waals surface area (Å²) >= 11 is 0. The summed E-state index contributed by atoms with van der Waals surface area (Å²) in [6, 6.07) is 0. The van der Waals surface area contributed by atoms with Crippen molar-refractivity contribution in [3.05, 3.63) is 18.2 Å². The molecule has 174 valence electrons. The van der Waals surface area contributed by atoms with Crippen molar-refractivity contribution in [1.29, 1.82) is 0 Å². The van der Waals surface area contributed by atoms with Crippen molar-refractivity contribution < 1.29 is 18.3 Å². The van der Waals surface area contributed by atoms with Crippen molar-refractivity contribution >= 4 is 29.9 Å². The summed E-state index contributed by atoms with van der Waals surface area (Å²) in [5, 5.41) is 16.3. The molecule has 0 amide bonds. The maximum Gasteiger partial charge on any atom is 0.424 e. The van der Waals surface area contributed by atoms with Gasteiger partial charge in [-0.15, -0.1) is 24.0 Å². The highest BCUT2D eigenvalue weighted by Crippen LogP contribution is 2.40. The number of rotatable bonds is 9. The van der Waals surface area contributed by atoms with Crippen molar-refractivity contribution in [2.45, 2.75) is 70.1 Å². The van der Waals surface area contributed by atoms with Crippen molar-refractivity contribution in [2.24, 2.45) is 18.0 Å². The van der Waals surface area contributed by atoms with Gasteiger partial charge < -0.3 is 20.3 Å². The van der Waals surface area contributed by atoms with E-state index in [4.69, 9.17) is 0 Å². The fraction of sp³-hybridized carbons (Fsp3) is 0.800. The van der Waals surface area contributed by atoms with Gasteiger partial charge in [0, 0.05) is 45.5 Å². The van der Waals surface area contributed by atoms with Crippen LogP contribution < -0.4 is 10.6 Å². The van der Waals surface area contributed by atoms with Crippen molar-refractivity contribution in [1.82, 2.24) is 20.2 Å². The number of guanidine groups is 1. The maximum atomic E-state index is 13.6. The van der Waals surface area contributed by atoms with Crippen LogP contribution in [0.4, 0.5) is 13.2 Å². The summed E-state index contributed by atoms with van der Waals surface area (Å²) in [5.74, 6) is 0.843. The number of alkyl halides is 3. The van der Waals surface area contributed by atoms with Crippen LogP contribution in [-0.2, 0) is 12.6 Å². The van der Waals surface area contributed by atoms with E-state index in [-0.39, 0.29) is 30.5 Å². The second kappa shape index (κ2) is 12.7. The van der Waals surface area contributed by atoms with E-state index < -0.39 is 24.0 Å². The largest absolute Gasteiger partial charge is 0.424 e. The Morgan fingerprint density at radius 3 is 2.53 bits per heavy atom. The average Bonchev–Trinajstić information content (AvgIpc) is 3.11. The second-order valence-corrected chi connectivity index (χ2v) is 7.80. The Balaban J connectivity index is 0.00000450. The van der Waals surface area contributed by atoms with E-state index in [1.165, 1.54) is 56.1 Å². The molecule has 30 heavy (non-hydrogen) atoms. The van der Waals surface area contributed by atoms with Crippen molar-refractivity contribution in [3.8, 4) is 0 Å². The van der Waals surface area contributed by atoms with Crippen LogP contribution >= 0.6 is 24.0 Å². The van der Waals surface area contributed by atoms with Crippen molar-refractivity contribution in [2.75, 3.05) is 19.6 Å². The van der Waals surface area contributed by atoms with Gasteiger partial charge in [0.05, 0.1) is 0 Å². The molecule has 1 atom stereocenters. The zero-order valence-electron chi connectivity index (χ0n) is 17.8. The Kier molecular flexibility index (Phi) is 11.5. The molecule has 0 spiro atoms. The normalized spacial score (nSPS) is 17.9. The van der Waals surface area contributed by atoms with Crippen LogP contribution in [0.2, 0.25) is 0 Å². The molecule has 1 saturated carbocycles. The zero-order valence-corrected chi connectivity index (χ0v) is 20.2. The molecule has 1 aliphatic carbocycles. The van der Waals surface area contributed by atoms with Crippen LogP contribution in [0.5, 0.6) is 0 Å². The van der Waals surface area contributed by atoms with Gasteiger partial charge in [0.2, 0.25) is 5.60 Å². The molecule has 0 bridgehead atoms. The molecule has 6 nitrogen and oxygen atoms in total. The fourth-order valence-corrected chi connectivity index (χ4v) is 3.89. The number of nitrogens with one attached hydrogen (secondary N) is 2. The number of hydrogen-bond donors (Lipinski definition) is 3. The van der Waals surface area contributed by atoms with Crippen LogP contribution in [0.1, 0.15) is 64.1 Å². The monoisotopic (exact) mass is 545 g/mol. The van der Waals surface area contributed by atoms with E-state index in [1.807, 2.05) is 6.92 Å². The molecule has 0 aromatic carbocycles. The smallest absolute Gasteiger partial charge is 0.374 e. The number of aryl methyl sites for hydroxylation is 1. The third-order valence-electron chi connectivity index (χ3n) is 5.55. The molecule has 2 rings (SSSR count). The molecule has 1 unspecified atom stereocenters. The number of aliphatic hydroxyl groups is 1. The van der Waals surface area contributed by atoms with Gasteiger partial charge in [-0.2, -0.15) is 13.2 Å². The van der Waals surface area contributed by atoms with Gasteiger partial charge in [-0.3, -0.25) is 4.99 Å². The Labute approximate surface area is 194 Å². The highest BCUT2D eigenvalue weighted by molar-refractivity contribution is 14.0. The van der Waals surface area contributed by atoms with Gasteiger partial charge in [0.1, 0.15) is 5.82 Å². The molecule has 1 fully saturated rings. The highest BCUT2D eigenvalue weighted by Gasteiger charge is 2.57. The standard InChI is InChI=1S/C20H34F3N5O.HI/c1-3-24-18(26-12-7-10-16-8-5-4-6-9-16)27-13-11-19(29,20(21,22)23)17-25-14-15-28(17)2;/h14-16,29H,3-13H2,1-2H3,(H2,24,26,27);1H. The molecular weight excluding hydrogens is 510 g/mol. The fourth-order valence-electron chi connectivity index (χ4n) is 3.89. The highest BCUT2D eigenvalue weighted by atomic mass is 127. The molecule has 1 aliphatic rings. The molecule has 1 heterocycles. The third kappa shape index (κ3) is 7.58. The van der Waals surface area contributed by atoms with Gasteiger partial charge in [-0.25, -0.2) is 4.98 Å². The number of hydrogen-bond acceptors (Lipinski definition) is 3. The Hall–Kier alpha value is -1.04. The molecule has 10 heteroatoms. The lowest BCUT2D eigenvalue weighted by atomic mass is 9.86. The van der Waals surface area contributed by atoms with Crippen LogP contribution in [0, 0.1) is 5.92 Å². The molecule has 0 aliphatic heterocycles. The van der Waals surface area contributed by atoms with Crippen LogP contribution in [0.15, 0.2) is 17.4 Å². The van der Waals surface area contributed by atoms with E-state index in [0.29, 0.717) is 19.0 Å². The Morgan fingerprint density at radius 2 is 1.97 bits per heavy atom. The van der Waals surface area contributed by atoms with Crippen LogP contribution in [-0.4, -0.2) is 46.4 Å². The van der Waals surface area contributed by atoms with Crippen LogP contribution in [0.25, 0.3) is 0 Å². The lowest BCUT2D eigenvalue weighted by Crippen LogP contribution is -2.48. The first-order chi connectivity index (χ1) is 13.8. The second-order valence-electron chi connectivity index (χ2n) is 7.80. The summed E-state index contributed by atoms with van der Waals surface area (Å²) < 4.78 is 41.9. The van der Waals surface area contributed by atoms with E-state index in [2.05, 4.69) is 20.6 Å². The van der Waals surface area contributed by atoms with Gasteiger partial charge in [0.15, 0.2) is 5.96 Å². The van der Waals surface area contributed by atoms with Gasteiger partial charge in [-0.1, -0.05) is 32.1 Å². The average molecular weight is 545 g/mol. The third-order valence-corrected chi connectivity index (χ3v) is 5.55. The molecule has 3 N–H and O–H groups in total. The van der Waals surface area contributed by atoms with E-state index in [0.717, 1.165) is 18.8 Å². The van der Waals surface area contributed by atoms with E-state index >= 15 is 0 Å². The minimum Gasteiger partial charge on any atom is -0.374 e. The van der Waals surface area contributed by atoms with Gasteiger partial charge in [0.25, 0.3) is 0 Å². The summed E-state index contributed by atoms with van der Waals surface area (Å²) in [5.41, 5.74) is -3.02. The zero-order chi connectivity index (χ0) is 21.3. The lowest BCUT2D eigenvalue weighted by molar-refractivity contribution is -0.272. The topological polar surface area (TPSA) is 74.5 Å². The summed E-state index contributed by atoms with van der Waals surface area (Å²) in [4.78, 5) is 8.18. The Morgan fingerprint density at radius 1 is 1.27 bits per heavy atom. The SMILES string of the molecule is CCNC(=NCCCC1CCCCC1)NCCC(O)(c1nccn1C)C(F)(F)F.I. The van der Waals surface area contributed by atoms with Crippen molar-refractivity contribution in [3.63, 3.8) is 0 Å². The predicted molar refractivity (Wildman–Crippen MR) is 123 cm³/mol. The van der Waals surface area contributed by atoms with Crippen LogP contribution in [0.3, 0.4) is 0 Å². The number of aliphatic imine (C=N–C) groups is 1. The quantitative estimate of drug-likeness (QED) is 0.189. The maximum absolute atomic E-state index is 13.6. The summed E-state index contributed by atoms with van der Waals surface area (Å²) in [6.45, 7) is 3.06. The van der Waals surface area contributed by atoms with Gasteiger partial charge >= 0.3 is 6.18 Å². The number of halogens is 4.